The van der Waals surface area contributed by atoms with Gasteiger partial charge in [0.2, 0.25) is 5.91 Å². The number of carbonyl (C=O) groups is 2. The zero-order valence-electron chi connectivity index (χ0n) is 13.2. The van der Waals surface area contributed by atoms with Crippen LogP contribution in [0.4, 0.5) is 5.69 Å². The topological polar surface area (TPSA) is 102 Å². The monoisotopic (exact) mass is 382 g/mol. The molecule has 0 atom stereocenters. The Kier molecular flexibility index (Phi) is 6.00. The molecule has 2 amide bonds. The van der Waals surface area contributed by atoms with Gasteiger partial charge in [0, 0.05) is 12.6 Å². The Morgan fingerprint density at radius 1 is 1.08 bits per heavy atom. The van der Waals surface area contributed by atoms with Crippen LogP contribution >= 0.6 is 11.6 Å². The third-order valence-corrected chi connectivity index (χ3v) is 4.68. The molecule has 132 valence electrons. The van der Waals surface area contributed by atoms with E-state index in [1.54, 1.807) is 24.3 Å². The molecule has 25 heavy (non-hydrogen) atoms. The van der Waals surface area contributed by atoms with Crippen molar-refractivity contribution in [1.82, 2.24) is 4.72 Å². The van der Waals surface area contributed by atoms with E-state index in [1.807, 2.05) is 4.72 Å². The fraction of sp³-hybridized carbons (Fsp3) is 0.125. The van der Waals surface area contributed by atoms with Crippen LogP contribution in [0.3, 0.4) is 0 Å². The highest BCUT2D eigenvalue weighted by molar-refractivity contribution is 7.90. The summed E-state index contributed by atoms with van der Waals surface area (Å²) in [6.45, 7) is 0.848. The first-order valence-corrected chi connectivity index (χ1v) is 8.95. The predicted molar refractivity (Wildman–Crippen MR) is 93.0 cm³/mol. The molecule has 0 heterocycles. The van der Waals surface area contributed by atoms with E-state index in [0.717, 1.165) is 6.92 Å². The van der Waals surface area contributed by atoms with Gasteiger partial charge in [0.25, 0.3) is 15.9 Å². The van der Waals surface area contributed by atoms with Gasteiger partial charge in [0.15, 0.2) is 6.61 Å². The Morgan fingerprint density at radius 3 is 2.32 bits per heavy atom. The van der Waals surface area contributed by atoms with Crippen LogP contribution < -0.4 is 14.8 Å². The van der Waals surface area contributed by atoms with Crippen LogP contribution in [0, 0.1) is 0 Å². The lowest BCUT2D eigenvalue weighted by atomic mass is 10.3. The molecule has 0 radical (unpaired) electrons. The van der Waals surface area contributed by atoms with Gasteiger partial charge in [-0.15, -0.1) is 0 Å². The number of carbonyl (C=O) groups excluding carboxylic acids is 2. The molecule has 7 nitrogen and oxygen atoms in total. The summed E-state index contributed by atoms with van der Waals surface area (Å²) >= 11 is 5.92. The number of halogens is 1. The summed E-state index contributed by atoms with van der Waals surface area (Å²) in [4.78, 5) is 22.7. The van der Waals surface area contributed by atoms with Crippen molar-refractivity contribution in [2.75, 3.05) is 11.9 Å². The SMILES string of the molecule is CC(=O)NS(=O)(=O)c1ccc(NC(=O)COc2ccccc2Cl)cc1. The third-order valence-electron chi connectivity index (χ3n) is 2.92. The van der Waals surface area contributed by atoms with Crippen LogP contribution in [0.5, 0.6) is 5.75 Å². The van der Waals surface area contributed by atoms with Gasteiger partial charge in [-0.2, -0.15) is 0 Å². The van der Waals surface area contributed by atoms with Gasteiger partial charge < -0.3 is 10.1 Å². The maximum absolute atomic E-state index is 11.9. The molecule has 2 aromatic rings. The summed E-state index contributed by atoms with van der Waals surface area (Å²) in [5.41, 5.74) is 0.384. The van der Waals surface area contributed by atoms with E-state index in [0.29, 0.717) is 16.5 Å². The Labute approximate surface area is 150 Å². The summed E-state index contributed by atoms with van der Waals surface area (Å²) in [7, 11) is -3.91. The standard InChI is InChI=1S/C16H15ClN2O5S/c1-11(20)19-25(22,23)13-8-6-12(7-9-13)18-16(21)10-24-15-5-3-2-4-14(15)17/h2-9H,10H2,1H3,(H,18,21)(H,19,20). The maximum atomic E-state index is 11.9. The lowest BCUT2D eigenvalue weighted by Gasteiger charge is -2.09. The first-order valence-electron chi connectivity index (χ1n) is 7.08. The van der Waals surface area contributed by atoms with E-state index in [-0.39, 0.29) is 11.5 Å². The van der Waals surface area contributed by atoms with Crippen LogP contribution in [0.15, 0.2) is 53.4 Å². The van der Waals surface area contributed by atoms with Crippen molar-refractivity contribution in [1.29, 1.82) is 0 Å². The lowest BCUT2D eigenvalue weighted by Crippen LogP contribution is -2.28. The van der Waals surface area contributed by atoms with E-state index in [1.165, 1.54) is 24.3 Å². The predicted octanol–water partition coefficient (Wildman–Crippen LogP) is 2.18. The number of benzene rings is 2. The number of nitrogens with one attached hydrogen (secondary N) is 2. The number of sulfonamides is 1. The number of amides is 2. The number of hydrogen-bond donors (Lipinski definition) is 2. The largest absolute Gasteiger partial charge is 0.482 e. The van der Waals surface area contributed by atoms with E-state index >= 15 is 0 Å². The number of anilines is 1. The van der Waals surface area contributed by atoms with Crippen molar-refractivity contribution in [2.45, 2.75) is 11.8 Å². The summed E-state index contributed by atoms with van der Waals surface area (Å²) in [5.74, 6) is -0.734. The first-order chi connectivity index (χ1) is 11.8. The number of para-hydroxylation sites is 1. The third kappa shape index (κ3) is 5.47. The Bertz CT molecular complexity index is 882. The van der Waals surface area contributed by atoms with Gasteiger partial charge in [-0.25, -0.2) is 13.1 Å². The Morgan fingerprint density at radius 2 is 1.72 bits per heavy atom. The Balaban J connectivity index is 1.96. The van der Waals surface area contributed by atoms with Crippen molar-refractivity contribution in [3.05, 3.63) is 53.6 Å². The number of rotatable bonds is 6. The maximum Gasteiger partial charge on any atom is 0.264 e. The molecule has 0 aliphatic rings. The molecule has 2 N–H and O–H groups in total. The molecule has 0 fully saturated rings. The molecule has 0 aromatic heterocycles. The van der Waals surface area contributed by atoms with Crippen LogP contribution in [0.2, 0.25) is 5.02 Å². The van der Waals surface area contributed by atoms with Gasteiger partial charge in [0.05, 0.1) is 9.92 Å². The number of ether oxygens (including phenoxy) is 1. The first kappa shape index (κ1) is 18.8. The second-order valence-corrected chi connectivity index (χ2v) is 7.04. The van der Waals surface area contributed by atoms with Crippen LogP contribution in [0.1, 0.15) is 6.92 Å². The number of hydrogen-bond acceptors (Lipinski definition) is 5. The molecule has 9 heteroatoms. The molecule has 0 saturated carbocycles. The van der Waals surface area contributed by atoms with Crippen molar-refractivity contribution in [3.8, 4) is 5.75 Å². The minimum absolute atomic E-state index is 0.0898. The molecule has 0 aliphatic carbocycles. The second kappa shape index (κ2) is 8.00. The van der Waals surface area contributed by atoms with Crippen LogP contribution in [-0.4, -0.2) is 26.8 Å². The van der Waals surface area contributed by atoms with E-state index < -0.39 is 21.8 Å². The van der Waals surface area contributed by atoms with Crippen molar-refractivity contribution >= 4 is 39.1 Å². The summed E-state index contributed by atoms with van der Waals surface area (Å²) in [5, 5.41) is 2.95. The van der Waals surface area contributed by atoms with Gasteiger partial charge in [-0.3, -0.25) is 9.59 Å². The highest BCUT2D eigenvalue weighted by atomic mass is 35.5. The summed E-state index contributed by atoms with van der Waals surface area (Å²) in [6.07, 6.45) is 0. The molecule has 0 spiro atoms. The quantitative estimate of drug-likeness (QED) is 0.797. The highest BCUT2D eigenvalue weighted by Gasteiger charge is 2.15. The molecule has 0 saturated heterocycles. The van der Waals surface area contributed by atoms with Crippen molar-refractivity contribution < 1.29 is 22.7 Å². The molecule has 2 rings (SSSR count). The van der Waals surface area contributed by atoms with E-state index in [2.05, 4.69) is 5.32 Å². The van der Waals surface area contributed by atoms with Gasteiger partial charge in [-0.1, -0.05) is 23.7 Å². The highest BCUT2D eigenvalue weighted by Crippen LogP contribution is 2.23. The summed E-state index contributed by atoms with van der Waals surface area (Å²) < 4.78 is 30.8. The van der Waals surface area contributed by atoms with Crippen molar-refractivity contribution in [3.63, 3.8) is 0 Å². The minimum atomic E-state index is -3.91. The second-order valence-electron chi connectivity index (χ2n) is 4.95. The average molecular weight is 383 g/mol. The minimum Gasteiger partial charge on any atom is -0.482 e. The van der Waals surface area contributed by atoms with Crippen molar-refractivity contribution in [2.24, 2.45) is 0 Å². The van der Waals surface area contributed by atoms with Gasteiger partial charge >= 0.3 is 0 Å². The zero-order valence-corrected chi connectivity index (χ0v) is 14.7. The van der Waals surface area contributed by atoms with Crippen LogP contribution in [0.25, 0.3) is 0 Å². The fourth-order valence-electron chi connectivity index (χ4n) is 1.87. The zero-order chi connectivity index (χ0) is 18.4. The Hall–Kier alpha value is -2.58. The summed E-state index contributed by atoms with van der Waals surface area (Å²) in [6, 6.07) is 12.1. The molecular formula is C16H15ClN2O5S. The molecule has 2 aromatic carbocycles. The smallest absolute Gasteiger partial charge is 0.264 e. The average Bonchev–Trinajstić information content (AvgIpc) is 2.53. The van der Waals surface area contributed by atoms with Gasteiger partial charge in [-0.05, 0) is 36.4 Å². The lowest BCUT2D eigenvalue weighted by molar-refractivity contribution is -0.118. The van der Waals surface area contributed by atoms with Gasteiger partial charge in [0.1, 0.15) is 5.75 Å². The normalized spacial score (nSPS) is 10.8. The van der Waals surface area contributed by atoms with E-state index in [4.69, 9.17) is 16.3 Å². The van der Waals surface area contributed by atoms with Crippen LogP contribution in [-0.2, 0) is 19.6 Å². The molecule has 0 unspecified atom stereocenters. The van der Waals surface area contributed by atoms with E-state index in [9.17, 15) is 18.0 Å². The molecular weight excluding hydrogens is 368 g/mol. The molecule has 0 bridgehead atoms. The molecule has 0 aliphatic heterocycles. The fourth-order valence-corrected chi connectivity index (χ4v) is 3.05.